The molecular formula is C18H13NO2. The highest BCUT2D eigenvalue weighted by Crippen LogP contribution is 2.15. The van der Waals surface area contributed by atoms with Crippen LogP contribution in [0.3, 0.4) is 0 Å². The number of aromatic amines is 1. The first-order valence-electron chi connectivity index (χ1n) is 6.54. The van der Waals surface area contributed by atoms with Crippen LogP contribution < -0.4 is 4.74 Å². The average Bonchev–Trinajstić information content (AvgIpc) is 2.97. The largest absolute Gasteiger partial charge is 0.497 e. The number of nitrogens with one attached hydrogen (secondary N) is 1. The third-order valence-electron chi connectivity index (χ3n) is 3.18. The van der Waals surface area contributed by atoms with Gasteiger partial charge in [-0.25, -0.2) is 0 Å². The van der Waals surface area contributed by atoms with E-state index in [4.69, 9.17) is 4.74 Å². The summed E-state index contributed by atoms with van der Waals surface area (Å²) in [7, 11) is 1.61. The monoisotopic (exact) mass is 275 g/mol. The SMILES string of the molecule is COc1ccc(C#CC(=O)c2cc3ccccc3[nH]2)cc1. The summed E-state index contributed by atoms with van der Waals surface area (Å²) in [5, 5.41) is 1.01. The summed E-state index contributed by atoms with van der Waals surface area (Å²) in [5.41, 5.74) is 2.23. The van der Waals surface area contributed by atoms with Gasteiger partial charge in [-0.15, -0.1) is 0 Å². The lowest BCUT2D eigenvalue weighted by atomic mass is 10.2. The summed E-state index contributed by atoms with van der Waals surface area (Å²) in [6, 6.07) is 16.9. The Labute approximate surface area is 122 Å². The van der Waals surface area contributed by atoms with E-state index in [0.29, 0.717) is 5.69 Å². The third kappa shape index (κ3) is 2.80. The topological polar surface area (TPSA) is 42.1 Å². The summed E-state index contributed by atoms with van der Waals surface area (Å²) < 4.78 is 5.08. The lowest BCUT2D eigenvalue weighted by molar-refractivity contribution is 0.105. The third-order valence-corrected chi connectivity index (χ3v) is 3.18. The molecule has 0 radical (unpaired) electrons. The second-order valence-electron chi connectivity index (χ2n) is 4.58. The molecule has 21 heavy (non-hydrogen) atoms. The fourth-order valence-electron chi connectivity index (χ4n) is 2.07. The van der Waals surface area contributed by atoms with Gasteiger partial charge in [0.15, 0.2) is 0 Å². The van der Waals surface area contributed by atoms with Crippen LogP contribution in [0.4, 0.5) is 0 Å². The Hall–Kier alpha value is -2.99. The van der Waals surface area contributed by atoms with Crippen molar-refractivity contribution in [2.24, 2.45) is 0 Å². The van der Waals surface area contributed by atoms with Crippen LogP contribution in [-0.2, 0) is 0 Å². The molecule has 0 aliphatic rings. The number of ketones is 1. The van der Waals surface area contributed by atoms with Crippen LogP contribution in [0.25, 0.3) is 10.9 Å². The smallest absolute Gasteiger partial charge is 0.252 e. The minimum absolute atomic E-state index is 0.220. The molecule has 0 fully saturated rings. The predicted molar refractivity (Wildman–Crippen MR) is 82.5 cm³/mol. The van der Waals surface area contributed by atoms with Crippen LogP contribution in [0.5, 0.6) is 5.75 Å². The second-order valence-corrected chi connectivity index (χ2v) is 4.58. The Bertz CT molecular complexity index is 815. The van der Waals surface area contributed by atoms with Gasteiger partial charge in [0.25, 0.3) is 5.78 Å². The number of hydrogen-bond acceptors (Lipinski definition) is 2. The maximum absolute atomic E-state index is 12.1. The van der Waals surface area contributed by atoms with E-state index in [-0.39, 0.29) is 5.78 Å². The van der Waals surface area contributed by atoms with Gasteiger partial charge < -0.3 is 9.72 Å². The zero-order valence-corrected chi connectivity index (χ0v) is 11.5. The number of ether oxygens (including phenoxy) is 1. The molecule has 0 saturated heterocycles. The maximum Gasteiger partial charge on any atom is 0.252 e. The summed E-state index contributed by atoms with van der Waals surface area (Å²) in [6.45, 7) is 0. The normalized spacial score (nSPS) is 9.95. The molecule has 3 aromatic rings. The molecule has 0 spiro atoms. The molecule has 0 bridgehead atoms. The maximum atomic E-state index is 12.1. The number of methoxy groups -OCH3 is 1. The molecule has 3 nitrogen and oxygen atoms in total. The number of fused-ring (bicyclic) bond motifs is 1. The Morgan fingerprint density at radius 3 is 2.57 bits per heavy atom. The first-order valence-corrected chi connectivity index (χ1v) is 6.54. The van der Waals surface area contributed by atoms with Crippen LogP contribution in [-0.4, -0.2) is 17.9 Å². The number of aromatic nitrogens is 1. The molecule has 3 rings (SSSR count). The van der Waals surface area contributed by atoms with Gasteiger partial charge in [0, 0.05) is 16.5 Å². The lowest BCUT2D eigenvalue weighted by Crippen LogP contribution is -1.94. The van der Waals surface area contributed by atoms with Crippen molar-refractivity contribution in [3.05, 3.63) is 65.9 Å². The highest BCUT2D eigenvalue weighted by Gasteiger charge is 2.06. The van der Waals surface area contributed by atoms with Crippen LogP contribution in [0.1, 0.15) is 16.1 Å². The van der Waals surface area contributed by atoms with Crippen molar-refractivity contribution in [3.63, 3.8) is 0 Å². The quantitative estimate of drug-likeness (QED) is 0.575. The van der Waals surface area contributed by atoms with Gasteiger partial charge >= 0.3 is 0 Å². The lowest BCUT2D eigenvalue weighted by Gasteiger charge is -1.97. The van der Waals surface area contributed by atoms with E-state index in [0.717, 1.165) is 22.2 Å². The molecule has 2 aromatic carbocycles. The molecule has 0 unspecified atom stereocenters. The number of carbonyl (C=O) groups is 1. The first kappa shape index (κ1) is 13.0. The van der Waals surface area contributed by atoms with Crippen LogP contribution >= 0.6 is 0 Å². The molecule has 1 N–H and O–H groups in total. The fraction of sp³-hybridized carbons (Fsp3) is 0.0556. The van der Waals surface area contributed by atoms with Crippen molar-refractivity contribution in [3.8, 4) is 17.6 Å². The van der Waals surface area contributed by atoms with Crippen molar-refractivity contribution in [1.82, 2.24) is 4.98 Å². The van der Waals surface area contributed by atoms with Gasteiger partial charge in [-0.1, -0.05) is 24.1 Å². The van der Waals surface area contributed by atoms with Gasteiger partial charge in [0.05, 0.1) is 12.8 Å². The predicted octanol–water partition coefficient (Wildman–Crippen LogP) is 3.41. The van der Waals surface area contributed by atoms with Gasteiger partial charge in [0.1, 0.15) is 5.75 Å². The molecule has 102 valence electrons. The Morgan fingerprint density at radius 2 is 1.86 bits per heavy atom. The number of para-hydroxylation sites is 1. The summed E-state index contributed by atoms with van der Waals surface area (Å²) >= 11 is 0. The van der Waals surface area contributed by atoms with E-state index in [1.54, 1.807) is 7.11 Å². The zero-order chi connectivity index (χ0) is 14.7. The minimum Gasteiger partial charge on any atom is -0.497 e. The average molecular weight is 275 g/mol. The number of hydrogen-bond donors (Lipinski definition) is 1. The van der Waals surface area contributed by atoms with Gasteiger partial charge in [-0.05, 0) is 42.3 Å². The Kier molecular flexibility index (Phi) is 3.44. The van der Waals surface area contributed by atoms with Crippen molar-refractivity contribution in [1.29, 1.82) is 0 Å². The molecule has 3 heteroatoms. The van der Waals surface area contributed by atoms with Gasteiger partial charge in [-0.3, -0.25) is 4.79 Å². The Balaban J connectivity index is 1.84. The standard InChI is InChI=1S/C18H13NO2/c1-21-15-9-6-13(7-10-15)8-11-18(20)17-12-14-4-2-3-5-16(14)19-17/h2-7,9-10,12,19H,1H3. The highest BCUT2D eigenvalue weighted by molar-refractivity contribution is 6.10. The fourth-order valence-corrected chi connectivity index (χ4v) is 2.07. The number of Topliss-reactive ketones (excluding diaryl/α,β-unsaturated/α-hetero) is 1. The molecule has 0 amide bonds. The van der Waals surface area contributed by atoms with E-state index < -0.39 is 0 Å². The van der Waals surface area contributed by atoms with Crippen LogP contribution in [0.15, 0.2) is 54.6 Å². The van der Waals surface area contributed by atoms with Gasteiger partial charge in [0.2, 0.25) is 0 Å². The van der Waals surface area contributed by atoms with Gasteiger partial charge in [-0.2, -0.15) is 0 Å². The number of benzene rings is 2. The first-order chi connectivity index (χ1) is 10.3. The number of H-pyrrole nitrogens is 1. The number of carbonyl (C=O) groups excluding carboxylic acids is 1. The highest BCUT2D eigenvalue weighted by atomic mass is 16.5. The Morgan fingerprint density at radius 1 is 1.10 bits per heavy atom. The molecule has 0 saturated carbocycles. The van der Waals surface area contributed by atoms with Crippen molar-refractivity contribution in [2.75, 3.05) is 7.11 Å². The van der Waals surface area contributed by atoms with Crippen LogP contribution in [0, 0.1) is 11.8 Å². The van der Waals surface area contributed by atoms with E-state index >= 15 is 0 Å². The molecule has 0 aliphatic carbocycles. The van der Waals surface area contributed by atoms with Crippen molar-refractivity contribution >= 4 is 16.7 Å². The van der Waals surface area contributed by atoms with Crippen LogP contribution in [0.2, 0.25) is 0 Å². The molecule has 1 aromatic heterocycles. The van der Waals surface area contributed by atoms with Crippen molar-refractivity contribution < 1.29 is 9.53 Å². The molecule has 1 heterocycles. The van der Waals surface area contributed by atoms with E-state index in [1.165, 1.54) is 0 Å². The van der Waals surface area contributed by atoms with Crippen molar-refractivity contribution in [2.45, 2.75) is 0 Å². The second kappa shape index (κ2) is 5.56. The summed E-state index contributed by atoms with van der Waals surface area (Å²) in [6.07, 6.45) is 0. The van der Waals surface area contributed by atoms with E-state index in [2.05, 4.69) is 16.8 Å². The van der Waals surface area contributed by atoms with E-state index in [9.17, 15) is 4.79 Å². The molecular weight excluding hydrogens is 262 g/mol. The zero-order valence-electron chi connectivity index (χ0n) is 11.5. The minimum atomic E-state index is -0.220. The summed E-state index contributed by atoms with van der Waals surface area (Å²) in [5.74, 6) is 6.06. The summed E-state index contributed by atoms with van der Waals surface area (Å²) in [4.78, 5) is 15.2. The molecule has 0 atom stereocenters. The molecule has 0 aliphatic heterocycles. The number of rotatable bonds is 2. The van der Waals surface area contributed by atoms with E-state index in [1.807, 2.05) is 54.6 Å².